The summed E-state index contributed by atoms with van der Waals surface area (Å²) in [5, 5.41) is 14.2. The Kier molecular flexibility index (Phi) is 3.57. The van der Waals surface area contributed by atoms with Crippen molar-refractivity contribution < 1.29 is 23.1 Å². The SMILES string of the molecule is CC(=O)N1CCCC1c1ccn(S(N)(=O)=O)c1C(=O)O. The number of aromatic carboxylic acids is 1. The predicted molar refractivity (Wildman–Crippen MR) is 69.3 cm³/mol. The number of hydrogen-bond acceptors (Lipinski definition) is 4. The topological polar surface area (TPSA) is 123 Å². The van der Waals surface area contributed by atoms with Crippen molar-refractivity contribution in [2.75, 3.05) is 6.54 Å². The van der Waals surface area contributed by atoms with E-state index in [1.807, 2.05) is 0 Å². The third kappa shape index (κ3) is 2.41. The zero-order chi connectivity index (χ0) is 15.1. The van der Waals surface area contributed by atoms with Crippen LogP contribution in [0.1, 0.15) is 41.9 Å². The van der Waals surface area contributed by atoms with Crippen LogP contribution in [0.4, 0.5) is 0 Å². The minimum Gasteiger partial charge on any atom is -0.477 e. The molecule has 2 rings (SSSR count). The van der Waals surface area contributed by atoms with E-state index in [0.29, 0.717) is 22.5 Å². The molecule has 0 spiro atoms. The van der Waals surface area contributed by atoms with Crippen LogP contribution in [0.15, 0.2) is 12.3 Å². The summed E-state index contributed by atoms with van der Waals surface area (Å²) in [6, 6.07) is 0.960. The lowest BCUT2D eigenvalue weighted by Crippen LogP contribution is -2.30. The Hall–Kier alpha value is -1.87. The Labute approximate surface area is 116 Å². The summed E-state index contributed by atoms with van der Waals surface area (Å²) >= 11 is 0. The fraction of sp³-hybridized carbons (Fsp3) is 0.455. The summed E-state index contributed by atoms with van der Waals surface area (Å²) < 4.78 is 23.3. The molecular formula is C11H15N3O5S. The second kappa shape index (κ2) is 4.91. The number of carbonyl (C=O) groups excluding carboxylic acids is 1. The number of nitrogens with two attached hydrogens (primary N) is 1. The number of carboxylic acid groups (broad SMARTS) is 1. The number of nitrogens with zero attached hydrogens (tertiary/aromatic N) is 2. The first kappa shape index (κ1) is 14.5. The molecule has 20 heavy (non-hydrogen) atoms. The quantitative estimate of drug-likeness (QED) is 0.808. The van der Waals surface area contributed by atoms with Gasteiger partial charge in [-0.3, -0.25) is 4.79 Å². The van der Waals surface area contributed by atoms with E-state index in [9.17, 15) is 23.1 Å². The molecule has 1 atom stereocenters. The fourth-order valence-corrected chi connectivity index (χ4v) is 3.26. The van der Waals surface area contributed by atoms with Crippen molar-refractivity contribution in [1.29, 1.82) is 0 Å². The van der Waals surface area contributed by atoms with Crippen LogP contribution >= 0.6 is 0 Å². The van der Waals surface area contributed by atoms with Crippen LogP contribution in [0, 0.1) is 0 Å². The summed E-state index contributed by atoms with van der Waals surface area (Å²) in [7, 11) is -4.19. The minimum absolute atomic E-state index is 0.174. The smallest absolute Gasteiger partial charge is 0.353 e. The highest BCUT2D eigenvalue weighted by molar-refractivity contribution is 7.87. The van der Waals surface area contributed by atoms with Gasteiger partial charge in [0, 0.05) is 25.2 Å². The molecule has 0 saturated carbocycles. The van der Waals surface area contributed by atoms with Crippen LogP contribution in [0.2, 0.25) is 0 Å². The van der Waals surface area contributed by atoms with E-state index in [1.54, 1.807) is 0 Å². The monoisotopic (exact) mass is 301 g/mol. The van der Waals surface area contributed by atoms with E-state index in [2.05, 4.69) is 0 Å². The highest BCUT2D eigenvalue weighted by atomic mass is 32.2. The predicted octanol–water partition coefficient (Wildman–Crippen LogP) is -0.0787. The van der Waals surface area contributed by atoms with Gasteiger partial charge in [0.25, 0.3) is 0 Å². The third-order valence-electron chi connectivity index (χ3n) is 3.38. The molecule has 0 aliphatic carbocycles. The van der Waals surface area contributed by atoms with Gasteiger partial charge in [0.15, 0.2) is 0 Å². The molecular weight excluding hydrogens is 286 g/mol. The van der Waals surface area contributed by atoms with Crippen molar-refractivity contribution in [1.82, 2.24) is 8.87 Å². The summed E-state index contributed by atoms with van der Waals surface area (Å²) in [5.74, 6) is -1.57. The van der Waals surface area contributed by atoms with Gasteiger partial charge in [0.2, 0.25) is 5.91 Å². The van der Waals surface area contributed by atoms with Gasteiger partial charge in [-0.05, 0) is 18.9 Å². The van der Waals surface area contributed by atoms with Gasteiger partial charge in [-0.2, -0.15) is 8.42 Å². The number of aromatic nitrogens is 1. The molecule has 3 N–H and O–H groups in total. The van der Waals surface area contributed by atoms with Crippen LogP contribution in [0.25, 0.3) is 0 Å². The maximum atomic E-state index is 11.5. The standard InChI is InChI=1S/C11H15N3O5S/c1-7(15)13-5-2-3-9(13)8-4-6-14(20(12,18)19)10(8)11(16)17/h4,6,9H,2-3,5H2,1H3,(H,16,17)(H2,12,18,19). The molecule has 110 valence electrons. The van der Waals surface area contributed by atoms with Crippen molar-refractivity contribution >= 4 is 22.1 Å². The normalized spacial score (nSPS) is 19.3. The molecule has 1 aliphatic rings. The van der Waals surface area contributed by atoms with E-state index >= 15 is 0 Å². The van der Waals surface area contributed by atoms with Crippen molar-refractivity contribution in [3.63, 3.8) is 0 Å². The highest BCUT2D eigenvalue weighted by Gasteiger charge is 2.34. The third-order valence-corrected chi connectivity index (χ3v) is 4.23. The van der Waals surface area contributed by atoms with E-state index in [-0.39, 0.29) is 5.91 Å². The van der Waals surface area contributed by atoms with Crippen molar-refractivity contribution in [3.8, 4) is 0 Å². The molecule has 1 saturated heterocycles. The molecule has 1 aromatic rings. The van der Waals surface area contributed by atoms with Crippen LogP contribution < -0.4 is 5.14 Å². The lowest BCUT2D eigenvalue weighted by molar-refractivity contribution is -0.129. The van der Waals surface area contributed by atoms with Gasteiger partial charge in [-0.25, -0.2) is 13.9 Å². The first-order chi connectivity index (χ1) is 9.23. The molecule has 0 radical (unpaired) electrons. The summed E-state index contributed by atoms with van der Waals surface area (Å²) in [4.78, 5) is 24.4. The first-order valence-corrected chi connectivity index (χ1v) is 7.49. The Morgan fingerprint density at radius 2 is 2.10 bits per heavy atom. The Morgan fingerprint density at radius 1 is 1.45 bits per heavy atom. The Balaban J connectivity index is 2.56. The maximum absolute atomic E-state index is 11.5. The van der Waals surface area contributed by atoms with E-state index < -0.39 is 27.9 Å². The summed E-state index contributed by atoms with van der Waals surface area (Å²) in [5.41, 5.74) is -0.120. The van der Waals surface area contributed by atoms with Gasteiger partial charge in [-0.15, -0.1) is 0 Å². The van der Waals surface area contributed by atoms with E-state index in [1.165, 1.54) is 17.9 Å². The summed E-state index contributed by atoms with van der Waals surface area (Å²) in [6.07, 6.45) is 2.43. The largest absolute Gasteiger partial charge is 0.477 e. The lowest BCUT2D eigenvalue weighted by atomic mass is 10.0. The molecule has 1 unspecified atom stereocenters. The second-order valence-electron chi connectivity index (χ2n) is 4.64. The van der Waals surface area contributed by atoms with Gasteiger partial charge in [-0.1, -0.05) is 0 Å². The first-order valence-electron chi connectivity index (χ1n) is 5.98. The molecule has 9 heteroatoms. The molecule has 1 fully saturated rings. The lowest BCUT2D eigenvalue weighted by Gasteiger charge is -2.23. The molecule has 0 aromatic carbocycles. The minimum atomic E-state index is -4.19. The van der Waals surface area contributed by atoms with Gasteiger partial charge in [0.05, 0.1) is 6.04 Å². The van der Waals surface area contributed by atoms with Crippen LogP contribution in [-0.4, -0.2) is 40.8 Å². The van der Waals surface area contributed by atoms with E-state index in [4.69, 9.17) is 5.14 Å². The molecule has 0 bridgehead atoms. The second-order valence-corrected chi connectivity index (χ2v) is 6.06. The van der Waals surface area contributed by atoms with Crippen molar-refractivity contribution in [3.05, 3.63) is 23.5 Å². The van der Waals surface area contributed by atoms with Crippen LogP contribution in [0.5, 0.6) is 0 Å². The van der Waals surface area contributed by atoms with Gasteiger partial charge in [0.1, 0.15) is 5.69 Å². The number of amides is 1. The molecule has 1 aliphatic heterocycles. The molecule has 1 amide bonds. The van der Waals surface area contributed by atoms with Crippen LogP contribution in [0.3, 0.4) is 0 Å². The number of rotatable bonds is 3. The average Bonchev–Trinajstić information content (AvgIpc) is 2.93. The Morgan fingerprint density at radius 3 is 2.60 bits per heavy atom. The molecule has 8 nitrogen and oxygen atoms in total. The fourth-order valence-electron chi connectivity index (χ4n) is 2.59. The molecule has 2 heterocycles. The number of likely N-dealkylation sites (tertiary alicyclic amines) is 1. The molecule has 1 aromatic heterocycles. The maximum Gasteiger partial charge on any atom is 0.353 e. The zero-order valence-electron chi connectivity index (χ0n) is 10.8. The zero-order valence-corrected chi connectivity index (χ0v) is 11.6. The highest BCUT2D eigenvalue weighted by Crippen LogP contribution is 2.34. The summed E-state index contributed by atoms with van der Waals surface area (Å²) in [6.45, 7) is 1.93. The van der Waals surface area contributed by atoms with Crippen LogP contribution in [-0.2, 0) is 15.0 Å². The Bertz CT molecular complexity index is 664. The van der Waals surface area contributed by atoms with Gasteiger partial charge < -0.3 is 10.0 Å². The van der Waals surface area contributed by atoms with Crippen molar-refractivity contribution in [2.45, 2.75) is 25.8 Å². The van der Waals surface area contributed by atoms with Gasteiger partial charge >= 0.3 is 16.2 Å². The van der Waals surface area contributed by atoms with Crippen molar-refractivity contribution in [2.24, 2.45) is 5.14 Å². The van der Waals surface area contributed by atoms with E-state index in [0.717, 1.165) is 12.6 Å². The number of carbonyl (C=O) groups is 2. The average molecular weight is 301 g/mol. The number of hydrogen-bond donors (Lipinski definition) is 2. The number of carboxylic acids is 1.